The highest BCUT2D eigenvalue weighted by molar-refractivity contribution is 5.78. The number of carboxylic acid groups (broad SMARTS) is 1. The number of aliphatic carboxylic acids is 1. The van der Waals surface area contributed by atoms with Gasteiger partial charge in [-0.05, 0) is 17.9 Å². The molecule has 1 unspecified atom stereocenters. The van der Waals surface area contributed by atoms with Gasteiger partial charge in [0.25, 0.3) is 0 Å². The Bertz CT molecular complexity index is 560. The van der Waals surface area contributed by atoms with E-state index in [0.717, 1.165) is 5.56 Å². The van der Waals surface area contributed by atoms with E-state index in [-0.39, 0.29) is 18.9 Å². The second-order valence-corrected chi connectivity index (χ2v) is 6.15. The van der Waals surface area contributed by atoms with Crippen LogP contribution in [0.3, 0.4) is 0 Å². The van der Waals surface area contributed by atoms with Crippen molar-refractivity contribution in [3.05, 3.63) is 35.9 Å². The number of primary amides is 1. The minimum absolute atomic E-state index is 0.0252. The molecule has 132 valence electrons. The normalized spacial score (nSPS) is 13.1. The van der Waals surface area contributed by atoms with Crippen molar-refractivity contribution in [2.45, 2.75) is 32.7 Å². The molecule has 0 aromatic heterocycles. The van der Waals surface area contributed by atoms with Crippen molar-refractivity contribution < 1.29 is 19.5 Å². The van der Waals surface area contributed by atoms with Crippen molar-refractivity contribution in [2.24, 2.45) is 17.6 Å². The molecule has 1 rings (SSSR count). The molecule has 0 aliphatic rings. The zero-order chi connectivity index (χ0) is 18.1. The van der Waals surface area contributed by atoms with Crippen LogP contribution < -0.4 is 16.4 Å². The fourth-order valence-corrected chi connectivity index (χ4v) is 2.40. The van der Waals surface area contributed by atoms with E-state index in [1.54, 1.807) is 24.3 Å². The molecule has 2 atom stereocenters. The van der Waals surface area contributed by atoms with Gasteiger partial charge in [0.15, 0.2) is 0 Å². The van der Waals surface area contributed by atoms with E-state index >= 15 is 0 Å². The average Bonchev–Trinajstić information content (AvgIpc) is 2.50. The van der Waals surface area contributed by atoms with E-state index in [1.807, 2.05) is 19.9 Å². The molecular formula is C17H25N3O4. The smallest absolute Gasteiger partial charge is 0.315 e. The van der Waals surface area contributed by atoms with Gasteiger partial charge in [-0.25, -0.2) is 4.79 Å². The van der Waals surface area contributed by atoms with Crippen LogP contribution in [0.25, 0.3) is 0 Å². The summed E-state index contributed by atoms with van der Waals surface area (Å²) in [5.41, 5.74) is 5.99. The highest BCUT2D eigenvalue weighted by Crippen LogP contribution is 2.16. The van der Waals surface area contributed by atoms with E-state index in [9.17, 15) is 19.5 Å². The van der Waals surface area contributed by atoms with Crippen LogP contribution in [0.15, 0.2) is 30.3 Å². The monoisotopic (exact) mass is 335 g/mol. The van der Waals surface area contributed by atoms with Crippen LogP contribution in [0.2, 0.25) is 0 Å². The Kier molecular flexibility index (Phi) is 7.74. The first-order valence-electron chi connectivity index (χ1n) is 7.90. The summed E-state index contributed by atoms with van der Waals surface area (Å²) in [6.07, 6.45) is 0.435. The van der Waals surface area contributed by atoms with Crippen LogP contribution in [0, 0.1) is 11.8 Å². The topological polar surface area (TPSA) is 122 Å². The standard InChI is InChI=1S/C17H25N3O4/c1-11(2)8-13(16(22)23)10-19-17(24)20-14(9-15(18)21)12-6-4-3-5-7-12/h3-7,11,13-14H,8-10H2,1-2H3,(H2,18,21)(H,22,23)(H2,19,20,24)/t13?,14-/m0/s1. The first kappa shape index (κ1) is 19.5. The van der Waals surface area contributed by atoms with Gasteiger partial charge in [0.2, 0.25) is 5.91 Å². The van der Waals surface area contributed by atoms with Crippen LogP contribution in [0.4, 0.5) is 4.79 Å². The first-order chi connectivity index (χ1) is 11.3. The van der Waals surface area contributed by atoms with Gasteiger partial charge in [-0.15, -0.1) is 0 Å². The predicted octanol–water partition coefficient (Wildman–Crippen LogP) is 1.65. The van der Waals surface area contributed by atoms with Crippen molar-refractivity contribution >= 4 is 17.9 Å². The minimum Gasteiger partial charge on any atom is -0.481 e. The number of carbonyl (C=O) groups excluding carboxylic acids is 2. The fraction of sp³-hybridized carbons (Fsp3) is 0.471. The van der Waals surface area contributed by atoms with Crippen LogP contribution in [0.1, 0.15) is 38.3 Å². The molecule has 0 bridgehead atoms. The maximum absolute atomic E-state index is 12.1. The average molecular weight is 335 g/mol. The fourth-order valence-electron chi connectivity index (χ4n) is 2.40. The number of urea groups is 1. The van der Waals surface area contributed by atoms with E-state index in [2.05, 4.69) is 10.6 Å². The van der Waals surface area contributed by atoms with Crippen LogP contribution in [0.5, 0.6) is 0 Å². The molecule has 7 heteroatoms. The van der Waals surface area contributed by atoms with Gasteiger partial charge < -0.3 is 21.5 Å². The molecule has 24 heavy (non-hydrogen) atoms. The highest BCUT2D eigenvalue weighted by Gasteiger charge is 2.21. The molecule has 0 heterocycles. The van der Waals surface area contributed by atoms with Crippen LogP contribution >= 0.6 is 0 Å². The Balaban J connectivity index is 2.64. The summed E-state index contributed by atoms with van der Waals surface area (Å²) in [5.74, 6) is -1.92. The van der Waals surface area contributed by atoms with Crippen LogP contribution in [-0.2, 0) is 9.59 Å². The third kappa shape index (κ3) is 7.13. The molecule has 1 aromatic carbocycles. The number of amides is 3. The molecule has 0 radical (unpaired) electrons. The van der Waals surface area contributed by atoms with Gasteiger partial charge in [0.1, 0.15) is 0 Å². The summed E-state index contributed by atoms with van der Waals surface area (Å²) in [7, 11) is 0. The Hall–Kier alpha value is -2.57. The number of nitrogens with two attached hydrogens (primary N) is 1. The van der Waals surface area contributed by atoms with Crippen molar-refractivity contribution in [1.82, 2.24) is 10.6 Å². The highest BCUT2D eigenvalue weighted by atomic mass is 16.4. The lowest BCUT2D eigenvalue weighted by Crippen LogP contribution is -2.42. The molecule has 0 aliphatic heterocycles. The van der Waals surface area contributed by atoms with Gasteiger partial charge in [0, 0.05) is 6.54 Å². The Morgan fingerprint density at radius 1 is 1.17 bits per heavy atom. The predicted molar refractivity (Wildman–Crippen MR) is 90.1 cm³/mol. The Morgan fingerprint density at radius 2 is 1.79 bits per heavy atom. The van der Waals surface area contributed by atoms with E-state index in [1.165, 1.54) is 0 Å². The maximum Gasteiger partial charge on any atom is 0.315 e. The third-order valence-corrected chi connectivity index (χ3v) is 3.53. The quantitative estimate of drug-likeness (QED) is 0.548. The molecule has 3 amide bonds. The SMILES string of the molecule is CC(C)CC(CNC(=O)N[C@@H](CC(N)=O)c1ccccc1)C(=O)O. The summed E-state index contributed by atoms with van der Waals surface area (Å²) in [6.45, 7) is 3.88. The van der Waals surface area contributed by atoms with Crippen molar-refractivity contribution in [3.8, 4) is 0 Å². The summed E-state index contributed by atoms with van der Waals surface area (Å²) in [4.78, 5) is 34.5. The third-order valence-electron chi connectivity index (χ3n) is 3.53. The molecular weight excluding hydrogens is 310 g/mol. The van der Waals surface area contributed by atoms with E-state index in [4.69, 9.17) is 5.73 Å². The summed E-state index contributed by atoms with van der Waals surface area (Å²) in [6, 6.07) is 7.91. The molecule has 0 saturated carbocycles. The lowest BCUT2D eigenvalue weighted by Gasteiger charge is -2.20. The molecule has 0 fully saturated rings. The number of carbonyl (C=O) groups is 3. The number of nitrogens with one attached hydrogen (secondary N) is 2. The molecule has 0 spiro atoms. The number of hydrogen-bond donors (Lipinski definition) is 4. The van der Waals surface area contributed by atoms with Crippen molar-refractivity contribution in [1.29, 1.82) is 0 Å². The second kappa shape index (κ2) is 9.54. The van der Waals surface area contributed by atoms with Crippen LogP contribution in [-0.4, -0.2) is 29.6 Å². The maximum atomic E-state index is 12.1. The number of carboxylic acids is 1. The van der Waals surface area contributed by atoms with Gasteiger partial charge in [-0.2, -0.15) is 0 Å². The van der Waals surface area contributed by atoms with Gasteiger partial charge in [-0.3, -0.25) is 9.59 Å². The number of rotatable bonds is 9. The summed E-state index contributed by atoms with van der Waals surface area (Å²) in [5, 5.41) is 14.4. The molecule has 1 aromatic rings. The Labute approximate surface area is 141 Å². The summed E-state index contributed by atoms with van der Waals surface area (Å²) < 4.78 is 0. The lowest BCUT2D eigenvalue weighted by atomic mass is 9.97. The van der Waals surface area contributed by atoms with E-state index in [0.29, 0.717) is 6.42 Å². The van der Waals surface area contributed by atoms with Crippen molar-refractivity contribution in [3.63, 3.8) is 0 Å². The largest absolute Gasteiger partial charge is 0.481 e. The Morgan fingerprint density at radius 3 is 2.29 bits per heavy atom. The van der Waals surface area contributed by atoms with Gasteiger partial charge in [0.05, 0.1) is 18.4 Å². The van der Waals surface area contributed by atoms with Crippen molar-refractivity contribution in [2.75, 3.05) is 6.54 Å². The first-order valence-corrected chi connectivity index (χ1v) is 7.90. The lowest BCUT2D eigenvalue weighted by molar-refractivity contribution is -0.142. The minimum atomic E-state index is -0.944. The summed E-state index contributed by atoms with van der Waals surface area (Å²) >= 11 is 0. The van der Waals surface area contributed by atoms with E-state index < -0.39 is 29.9 Å². The molecule has 0 saturated heterocycles. The second-order valence-electron chi connectivity index (χ2n) is 6.15. The number of hydrogen-bond acceptors (Lipinski definition) is 3. The van der Waals surface area contributed by atoms with Gasteiger partial charge in [-0.1, -0.05) is 44.2 Å². The molecule has 7 nitrogen and oxygen atoms in total. The molecule has 0 aliphatic carbocycles. The number of benzene rings is 1. The molecule has 5 N–H and O–H groups in total. The zero-order valence-corrected chi connectivity index (χ0v) is 14.0. The zero-order valence-electron chi connectivity index (χ0n) is 14.0. The van der Waals surface area contributed by atoms with Gasteiger partial charge >= 0.3 is 12.0 Å².